The lowest BCUT2D eigenvalue weighted by molar-refractivity contribution is 0.0996. The molecular formula is C14H11BrN2O. The third kappa shape index (κ3) is 1.78. The first kappa shape index (κ1) is 11.3. The molecule has 3 nitrogen and oxygen atoms in total. The van der Waals surface area contributed by atoms with E-state index in [1.807, 2.05) is 36.4 Å². The highest BCUT2D eigenvalue weighted by Gasteiger charge is 2.28. The summed E-state index contributed by atoms with van der Waals surface area (Å²) in [5.74, 6) is 0.00963. The lowest BCUT2D eigenvalue weighted by Gasteiger charge is -2.15. The molecule has 2 aromatic rings. The number of carbonyl (C=O) groups excluding carboxylic acids is 1. The third-order valence-corrected chi connectivity index (χ3v) is 3.55. The molecule has 18 heavy (non-hydrogen) atoms. The van der Waals surface area contributed by atoms with E-state index < -0.39 is 0 Å². The molecular weight excluding hydrogens is 292 g/mol. The van der Waals surface area contributed by atoms with Crippen LogP contribution in [0.25, 0.3) is 0 Å². The van der Waals surface area contributed by atoms with Crippen molar-refractivity contribution in [1.29, 1.82) is 0 Å². The van der Waals surface area contributed by atoms with Crippen LogP contribution in [0.5, 0.6) is 0 Å². The molecule has 0 radical (unpaired) electrons. The van der Waals surface area contributed by atoms with Gasteiger partial charge in [0.15, 0.2) is 0 Å². The van der Waals surface area contributed by atoms with Crippen molar-refractivity contribution in [3.63, 3.8) is 0 Å². The number of nitrogens with two attached hydrogens (primary N) is 1. The smallest absolute Gasteiger partial charge is 0.259 e. The van der Waals surface area contributed by atoms with E-state index in [4.69, 9.17) is 5.73 Å². The highest BCUT2D eigenvalue weighted by molar-refractivity contribution is 9.10. The lowest BCUT2D eigenvalue weighted by atomic mass is 10.1. The molecule has 1 heterocycles. The van der Waals surface area contributed by atoms with Gasteiger partial charge in [0, 0.05) is 21.4 Å². The van der Waals surface area contributed by atoms with Gasteiger partial charge in [0.05, 0.1) is 6.54 Å². The number of rotatable bonds is 1. The van der Waals surface area contributed by atoms with Crippen molar-refractivity contribution in [1.82, 2.24) is 0 Å². The van der Waals surface area contributed by atoms with Crippen molar-refractivity contribution >= 4 is 33.2 Å². The Bertz CT molecular complexity index is 639. The number of carbonyl (C=O) groups is 1. The van der Waals surface area contributed by atoms with Gasteiger partial charge in [-0.3, -0.25) is 4.79 Å². The van der Waals surface area contributed by atoms with Crippen molar-refractivity contribution < 1.29 is 4.79 Å². The summed E-state index contributed by atoms with van der Waals surface area (Å²) in [6.45, 7) is 0.602. The maximum Gasteiger partial charge on any atom is 0.259 e. The summed E-state index contributed by atoms with van der Waals surface area (Å²) in [5, 5.41) is 0. The molecule has 0 spiro atoms. The lowest BCUT2D eigenvalue weighted by Crippen LogP contribution is -2.22. The van der Waals surface area contributed by atoms with Crippen LogP contribution < -0.4 is 10.6 Å². The second-order valence-electron chi connectivity index (χ2n) is 4.29. The molecule has 0 aliphatic carbocycles. The zero-order chi connectivity index (χ0) is 12.7. The zero-order valence-corrected chi connectivity index (χ0v) is 11.1. The van der Waals surface area contributed by atoms with Crippen molar-refractivity contribution in [2.45, 2.75) is 6.54 Å². The number of hydrogen-bond donors (Lipinski definition) is 1. The van der Waals surface area contributed by atoms with Crippen molar-refractivity contribution in [2.24, 2.45) is 0 Å². The summed E-state index contributed by atoms with van der Waals surface area (Å²) >= 11 is 3.42. The average Bonchev–Trinajstić information content (AvgIpc) is 2.67. The summed E-state index contributed by atoms with van der Waals surface area (Å²) < 4.78 is 0.961. The minimum atomic E-state index is 0.00963. The quantitative estimate of drug-likeness (QED) is 0.822. The molecule has 1 amide bonds. The van der Waals surface area contributed by atoms with Gasteiger partial charge in [-0.25, -0.2) is 0 Å². The fourth-order valence-corrected chi connectivity index (χ4v) is 2.56. The summed E-state index contributed by atoms with van der Waals surface area (Å²) in [6, 6.07) is 13.2. The minimum absolute atomic E-state index is 0.00963. The van der Waals surface area contributed by atoms with E-state index in [0.717, 1.165) is 15.7 Å². The predicted molar refractivity (Wildman–Crippen MR) is 75.5 cm³/mol. The van der Waals surface area contributed by atoms with E-state index in [1.54, 1.807) is 11.0 Å². The molecule has 4 heteroatoms. The average molecular weight is 303 g/mol. The Hall–Kier alpha value is -1.81. The van der Waals surface area contributed by atoms with Crippen molar-refractivity contribution in [3.8, 4) is 0 Å². The number of hydrogen-bond acceptors (Lipinski definition) is 2. The molecule has 2 aromatic carbocycles. The number of nitrogens with zero attached hydrogens (tertiary/aromatic N) is 1. The molecule has 2 N–H and O–H groups in total. The van der Waals surface area contributed by atoms with Crippen LogP contribution in [-0.4, -0.2) is 5.91 Å². The maximum atomic E-state index is 12.3. The Morgan fingerprint density at radius 1 is 1.17 bits per heavy atom. The van der Waals surface area contributed by atoms with Gasteiger partial charge < -0.3 is 10.6 Å². The fraction of sp³-hybridized carbons (Fsp3) is 0.0714. The Kier molecular flexibility index (Phi) is 2.59. The highest BCUT2D eigenvalue weighted by atomic mass is 79.9. The van der Waals surface area contributed by atoms with E-state index in [2.05, 4.69) is 15.9 Å². The van der Waals surface area contributed by atoms with Crippen LogP contribution >= 0.6 is 15.9 Å². The van der Waals surface area contributed by atoms with Crippen molar-refractivity contribution in [3.05, 3.63) is 58.1 Å². The number of anilines is 2. The molecule has 0 saturated carbocycles. The maximum absolute atomic E-state index is 12.3. The van der Waals surface area contributed by atoms with Gasteiger partial charge in [0.25, 0.3) is 5.91 Å². The van der Waals surface area contributed by atoms with E-state index >= 15 is 0 Å². The molecule has 0 bridgehead atoms. The monoisotopic (exact) mass is 302 g/mol. The van der Waals surface area contributed by atoms with E-state index in [9.17, 15) is 4.79 Å². The van der Waals surface area contributed by atoms with Crippen LogP contribution in [0.3, 0.4) is 0 Å². The Labute approximate surface area is 113 Å². The second-order valence-corrected chi connectivity index (χ2v) is 5.20. The standard InChI is InChI=1S/C14H11BrN2O/c15-10-2-1-3-12(6-10)17-8-9-4-5-11(16)7-13(9)14(17)18/h1-7H,8,16H2. The molecule has 0 saturated heterocycles. The summed E-state index contributed by atoms with van der Waals surface area (Å²) in [5.41, 5.74) is 8.97. The third-order valence-electron chi connectivity index (χ3n) is 3.06. The Balaban J connectivity index is 2.02. The van der Waals surface area contributed by atoms with Crippen LogP contribution in [0.4, 0.5) is 11.4 Å². The molecule has 90 valence electrons. The number of benzene rings is 2. The Morgan fingerprint density at radius 3 is 2.78 bits per heavy atom. The molecule has 1 aliphatic rings. The van der Waals surface area contributed by atoms with E-state index in [1.165, 1.54) is 0 Å². The van der Waals surface area contributed by atoms with Gasteiger partial charge in [0.1, 0.15) is 0 Å². The van der Waals surface area contributed by atoms with Crippen LogP contribution in [-0.2, 0) is 6.54 Å². The van der Waals surface area contributed by atoms with Crippen LogP contribution in [0.15, 0.2) is 46.9 Å². The first-order valence-electron chi connectivity index (χ1n) is 5.61. The first-order chi connectivity index (χ1) is 8.65. The van der Waals surface area contributed by atoms with Crippen LogP contribution in [0, 0.1) is 0 Å². The minimum Gasteiger partial charge on any atom is -0.399 e. The topological polar surface area (TPSA) is 46.3 Å². The number of nitrogen functional groups attached to an aromatic ring is 1. The fourth-order valence-electron chi connectivity index (χ4n) is 2.17. The molecule has 0 unspecified atom stereocenters. The molecule has 1 aliphatic heterocycles. The Morgan fingerprint density at radius 2 is 2.00 bits per heavy atom. The van der Waals surface area contributed by atoms with Gasteiger partial charge in [-0.1, -0.05) is 28.1 Å². The van der Waals surface area contributed by atoms with Gasteiger partial charge in [-0.2, -0.15) is 0 Å². The largest absolute Gasteiger partial charge is 0.399 e. The van der Waals surface area contributed by atoms with Crippen LogP contribution in [0.1, 0.15) is 15.9 Å². The van der Waals surface area contributed by atoms with Gasteiger partial charge in [-0.15, -0.1) is 0 Å². The summed E-state index contributed by atoms with van der Waals surface area (Å²) in [4.78, 5) is 14.1. The van der Waals surface area contributed by atoms with Gasteiger partial charge in [0.2, 0.25) is 0 Å². The normalized spacial score (nSPS) is 13.8. The SMILES string of the molecule is Nc1ccc2c(c1)C(=O)N(c1cccc(Br)c1)C2. The molecule has 3 rings (SSSR count). The van der Waals surface area contributed by atoms with E-state index in [-0.39, 0.29) is 5.91 Å². The number of amides is 1. The molecule has 0 atom stereocenters. The van der Waals surface area contributed by atoms with Gasteiger partial charge in [-0.05, 0) is 35.9 Å². The number of halogens is 1. The second kappa shape index (κ2) is 4.14. The molecule has 0 aromatic heterocycles. The van der Waals surface area contributed by atoms with E-state index in [0.29, 0.717) is 17.8 Å². The highest BCUT2D eigenvalue weighted by Crippen LogP contribution is 2.30. The predicted octanol–water partition coefficient (Wildman–Crippen LogP) is 3.19. The summed E-state index contributed by atoms with van der Waals surface area (Å²) in [7, 11) is 0. The van der Waals surface area contributed by atoms with Crippen molar-refractivity contribution in [2.75, 3.05) is 10.6 Å². The first-order valence-corrected chi connectivity index (χ1v) is 6.40. The molecule has 0 fully saturated rings. The number of fused-ring (bicyclic) bond motifs is 1. The van der Waals surface area contributed by atoms with Gasteiger partial charge >= 0.3 is 0 Å². The zero-order valence-electron chi connectivity index (χ0n) is 9.56. The summed E-state index contributed by atoms with van der Waals surface area (Å²) in [6.07, 6.45) is 0. The van der Waals surface area contributed by atoms with Crippen LogP contribution in [0.2, 0.25) is 0 Å².